The highest BCUT2D eigenvalue weighted by atomic mass is 35.5. The summed E-state index contributed by atoms with van der Waals surface area (Å²) in [5.74, 6) is 0.0721. The topological polar surface area (TPSA) is 64.7 Å². The fourth-order valence-electron chi connectivity index (χ4n) is 3.73. The number of carbonyl (C=O) groups excluding carboxylic acids is 1. The fraction of sp³-hybridized carbons (Fsp3) is 0.208. The number of benzene rings is 2. The van der Waals surface area contributed by atoms with Crippen molar-refractivity contribution < 1.29 is 9.18 Å². The van der Waals surface area contributed by atoms with Gasteiger partial charge in [0, 0.05) is 29.7 Å². The molecule has 6 nitrogen and oxygen atoms in total. The third-order valence-electron chi connectivity index (χ3n) is 5.44. The van der Waals surface area contributed by atoms with Gasteiger partial charge in [-0.15, -0.1) is 0 Å². The van der Waals surface area contributed by atoms with Gasteiger partial charge < -0.3 is 9.88 Å². The Bertz CT molecular complexity index is 1290. The maximum absolute atomic E-state index is 14.6. The van der Waals surface area contributed by atoms with Crippen LogP contribution in [0.1, 0.15) is 38.7 Å². The Morgan fingerprint density at radius 3 is 2.62 bits per heavy atom. The Morgan fingerprint density at radius 1 is 1.16 bits per heavy atom. The van der Waals surface area contributed by atoms with Gasteiger partial charge in [-0.05, 0) is 50.1 Å². The first kappa shape index (κ1) is 21.8. The van der Waals surface area contributed by atoms with Gasteiger partial charge >= 0.3 is 0 Å². The van der Waals surface area contributed by atoms with Crippen LogP contribution in [0.3, 0.4) is 0 Å². The van der Waals surface area contributed by atoms with Gasteiger partial charge in [0.1, 0.15) is 11.6 Å². The highest BCUT2D eigenvalue weighted by Gasteiger charge is 2.19. The van der Waals surface area contributed by atoms with Crippen LogP contribution >= 0.6 is 11.6 Å². The Hall–Kier alpha value is -3.45. The maximum atomic E-state index is 14.6. The minimum absolute atomic E-state index is 0.202. The zero-order valence-corrected chi connectivity index (χ0v) is 18.8. The first-order chi connectivity index (χ1) is 15.3. The third kappa shape index (κ3) is 4.29. The molecule has 2 aromatic heterocycles. The van der Waals surface area contributed by atoms with E-state index in [1.165, 1.54) is 6.07 Å². The van der Waals surface area contributed by atoms with Crippen molar-refractivity contribution in [2.75, 3.05) is 0 Å². The fourth-order valence-corrected chi connectivity index (χ4v) is 3.92. The molecule has 0 bridgehead atoms. The molecule has 4 aromatic rings. The lowest BCUT2D eigenvalue weighted by Gasteiger charge is -2.10. The lowest BCUT2D eigenvalue weighted by molar-refractivity contribution is 0.0949. The van der Waals surface area contributed by atoms with E-state index < -0.39 is 0 Å². The molecule has 0 spiro atoms. The second-order valence-corrected chi connectivity index (χ2v) is 8.01. The molecule has 8 heteroatoms. The number of aryl methyl sites for hydroxylation is 2. The molecule has 0 aliphatic heterocycles. The summed E-state index contributed by atoms with van der Waals surface area (Å²) < 4.78 is 18.1. The molecule has 4 rings (SSSR count). The minimum Gasteiger partial charge on any atom is -0.348 e. The molecule has 0 atom stereocenters. The largest absolute Gasteiger partial charge is 0.348 e. The predicted molar refractivity (Wildman–Crippen MR) is 122 cm³/mol. The summed E-state index contributed by atoms with van der Waals surface area (Å²) in [5.41, 5.74) is 3.90. The molecule has 0 unspecified atom stereocenters. The van der Waals surface area contributed by atoms with Crippen LogP contribution < -0.4 is 5.32 Å². The Kier molecular flexibility index (Phi) is 6.10. The molecule has 0 saturated carbocycles. The number of rotatable bonds is 6. The number of nitrogens with one attached hydrogen (secondary N) is 1. The summed E-state index contributed by atoms with van der Waals surface area (Å²) in [7, 11) is 0. The summed E-state index contributed by atoms with van der Waals surface area (Å²) in [6.07, 6.45) is 3.33. The second-order valence-electron chi connectivity index (χ2n) is 7.61. The van der Waals surface area contributed by atoms with Gasteiger partial charge in [-0.25, -0.2) is 9.37 Å². The Labute approximate surface area is 190 Å². The number of aromatic nitrogens is 4. The second kappa shape index (κ2) is 8.96. The van der Waals surface area contributed by atoms with Crippen LogP contribution in [0.25, 0.3) is 5.69 Å². The van der Waals surface area contributed by atoms with Crippen molar-refractivity contribution in [1.29, 1.82) is 0 Å². The van der Waals surface area contributed by atoms with Gasteiger partial charge in [-0.3, -0.25) is 9.48 Å². The van der Waals surface area contributed by atoms with Gasteiger partial charge in [0.15, 0.2) is 0 Å². The van der Waals surface area contributed by atoms with Gasteiger partial charge in [-0.1, -0.05) is 35.9 Å². The molecule has 164 valence electrons. The SMILES string of the molecule is Cc1nn(Cc2ccccc2Cl)c(C)c1C(=O)NCc1ccc(-n2ccnc2C)c(F)c1. The van der Waals surface area contributed by atoms with E-state index in [9.17, 15) is 9.18 Å². The van der Waals surface area contributed by atoms with E-state index in [0.717, 1.165) is 11.3 Å². The number of imidazole rings is 1. The summed E-state index contributed by atoms with van der Waals surface area (Å²) in [6.45, 7) is 6.14. The summed E-state index contributed by atoms with van der Waals surface area (Å²) in [4.78, 5) is 17.0. The molecular weight excluding hydrogens is 429 g/mol. The normalized spacial score (nSPS) is 11.0. The van der Waals surface area contributed by atoms with E-state index in [2.05, 4.69) is 15.4 Å². The number of nitrogens with zero attached hydrogens (tertiary/aromatic N) is 4. The Morgan fingerprint density at radius 2 is 1.94 bits per heavy atom. The quantitative estimate of drug-likeness (QED) is 0.459. The smallest absolute Gasteiger partial charge is 0.255 e. The van der Waals surface area contributed by atoms with E-state index in [1.54, 1.807) is 40.7 Å². The standard InChI is InChI=1S/C24H23ClFN5O/c1-15-23(16(2)31(29-15)14-19-6-4-5-7-20(19)25)24(32)28-13-18-8-9-22(21(26)12-18)30-11-10-27-17(30)3/h4-12H,13-14H2,1-3H3,(H,28,32). The molecule has 0 radical (unpaired) electrons. The average molecular weight is 452 g/mol. The highest BCUT2D eigenvalue weighted by Crippen LogP contribution is 2.20. The van der Waals surface area contributed by atoms with Crippen molar-refractivity contribution in [3.05, 3.63) is 99.6 Å². The van der Waals surface area contributed by atoms with Crippen LogP contribution in [0.5, 0.6) is 0 Å². The van der Waals surface area contributed by atoms with Crippen molar-refractivity contribution in [3.63, 3.8) is 0 Å². The monoisotopic (exact) mass is 451 g/mol. The van der Waals surface area contributed by atoms with Crippen molar-refractivity contribution in [2.24, 2.45) is 0 Å². The summed E-state index contributed by atoms with van der Waals surface area (Å²) >= 11 is 6.26. The molecule has 1 N–H and O–H groups in total. The molecular formula is C24H23ClFN5O. The molecule has 1 amide bonds. The lowest BCUT2D eigenvalue weighted by atomic mass is 10.1. The van der Waals surface area contributed by atoms with Gasteiger partial charge in [0.25, 0.3) is 5.91 Å². The van der Waals surface area contributed by atoms with Crippen LogP contribution in [0.2, 0.25) is 5.02 Å². The van der Waals surface area contributed by atoms with Gasteiger partial charge in [0.2, 0.25) is 0 Å². The van der Waals surface area contributed by atoms with E-state index in [4.69, 9.17) is 11.6 Å². The van der Waals surface area contributed by atoms with Crippen LogP contribution in [0.4, 0.5) is 4.39 Å². The van der Waals surface area contributed by atoms with Crippen molar-refractivity contribution in [2.45, 2.75) is 33.9 Å². The maximum Gasteiger partial charge on any atom is 0.255 e. The predicted octanol–water partition coefficient (Wildman–Crippen LogP) is 4.76. The number of amides is 1. The summed E-state index contributed by atoms with van der Waals surface area (Å²) in [6, 6.07) is 12.4. The highest BCUT2D eigenvalue weighted by molar-refractivity contribution is 6.31. The molecule has 2 aromatic carbocycles. The van der Waals surface area contributed by atoms with Crippen molar-refractivity contribution in [1.82, 2.24) is 24.6 Å². The van der Waals surface area contributed by atoms with Crippen LogP contribution in [0, 0.1) is 26.6 Å². The number of halogens is 2. The minimum atomic E-state index is -0.377. The number of hydrogen-bond acceptors (Lipinski definition) is 3. The van der Waals surface area contributed by atoms with E-state index in [0.29, 0.717) is 39.9 Å². The molecule has 0 saturated heterocycles. The van der Waals surface area contributed by atoms with Crippen LogP contribution in [-0.4, -0.2) is 25.2 Å². The number of carbonyl (C=O) groups is 1. The number of hydrogen-bond donors (Lipinski definition) is 1. The zero-order valence-electron chi connectivity index (χ0n) is 18.1. The molecule has 32 heavy (non-hydrogen) atoms. The van der Waals surface area contributed by atoms with Crippen LogP contribution in [-0.2, 0) is 13.1 Å². The van der Waals surface area contributed by atoms with Crippen molar-refractivity contribution >= 4 is 17.5 Å². The first-order valence-corrected chi connectivity index (χ1v) is 10.6. The first-order valence-electron chi connectivity index (χ1n) is 10.2. The van der Waals surface area contributed by atoms with E-state index >= 15 is 0 Å². The van der Waals surface area contributed by atoms with Crippen molar-refractivity contribution in [3.8, 4) is 5.69 Å². The summed E-state index contributed by atoms with van der Waals surface area (Å²) in [5, 5.41) is 8.04. The third-order valence-corrected chi connectivity index (χ3v) is 5.81. The average Bonchev–Trinajstić information content (AvgIpc) is 3.30. The van der Waals surface area contributed by atoms with Crippen LogP contribution in [0.15, 0.2) is 54.9 Å². The lowest BCUT2D eigenvalue weighted by Crippen LogP contribution is -2.24. The molecule has 0 aliphatic rings. The van der Waals surface area contributed by atoms with E-state index in [-0.39, 0.29) is 18.3 Å². The Balaban J connectivity index is 1.48. The molecule has 0 aliphatic carbocycles. The molecule has 2 heterocycles. The molecule has 0 fully saturated rings. The van der Waals surface area contributed by atoms with E-state index in [1.807, 2.05) is 38.1 Å². The van der Waals surface area contributed by atoms with Gasteiger partial charge in [0.05, 0.1) is 23.5 Å². The van der Waals surface area contributed by atoms with Gasteiger partial charge in [-0.2, -0.15) is 5.10 Å². The zero-order chi connectivity index (χ0) is 22.8.